The third kappa shape index (κ3) is 6.86. The van der Waals surface area contributed by atoms with Crippen molar-refractivity contribution in [2.75, 3.05) is 0 Å². The van der Waals surface area contributed by atoms with E-state index in [2.05, 4.69) is 50.7 Å². The summed E-state index contributed by atoms with van der Waals surface area (Å²) in [5.41, 5.74) is 5.87. The summed E-state index contributed by atoms with van der Waals surface area (Å²) in [5, 5.41) is 4.23. The first-order valence-electron chi connectivity index (χ1n) is 15.4. The summed E-state index contributed by atoms with van der Waals surface area (Å²) < 4.78 is 62.0. The fourth-order valence-corrected chi connectivity index (χ4v) is 9.96. The molecule has 2 aliphatic rings. The van der Waals surface area contributed by atoms with Gasteiger partial charge in [0.05, 0.1) is 11.7 Å². The molecule has 1 fully saturated rings. The number of pyridine rings is 1. The van der Waals surface area contributed by atoms with Gasteiger partial charge in [-0.15, -0.1) is 0 Å². The highest BCUT2D eigenvalue weighted by Crippen LogP contribution is 2.51. The van der Waals surface area contributed by atoms with Crippen molar-refractivity contribution in [1.29, 1.82) is 0 Å². The van der Waals surface area contributed by atoms with E-state index in [1.165, 1.54) is 6.07 Å². The molecule has 5 rings (SSSR count). The van der Waals surface area contributed by atoms with Crippen LogP contribution in [0, 0.1) is 11.2 Å². The van der Waals surface area contributed by atoms with Crippen LogP contribution in [0.25, 0.3) is 11.1 Å². The molecule has 1 atom stereocenters. The maximum absolute atomic E-state index is 14.8. The zero-order chi connectivity index (χ0) is 30.3. The molecule has 1 unspecified atom stereocenters. The van der Waals surface area contributed by atoms with Crippen LogP contribution in [0.2, 0.25) is 19.1 Å². The fraction of sp³-hybridized carbons (Fsp3) is 0.559. The molecule has 0 spiro atoms. The highest BCUT2D eigenvalue weighted by Gasteiger charge is 2.41. The number of unbranched alkanes of at least 4 members (excludes halogenated alkanes) is 1. The van der Waals surface area contributed by atoms with Crippen molar-refractivity contribution in [3.05, 3.63) is 74.5 Å². The van der Waals surface area contributed by atoms with Crippen molar-refractivity contribution in [3.8, 4) is 11.1 Å². The summed E-state index contributed by atoms with van der Waals surface area (Å²) in [4.78, 5) is 5.44. The van der Waals surface area contributed by atoms with E-state index in [9.17, 15) is 17.6 Å². The average Bonchev–Trinajstić information content (AvgIpc) is 3.61. The Morgan fingerprint density at radius 3 is 2.48 bits per heavy atom. The zero-order valence-corrected chi connectivity index (χ0v) is 27.3. The second-order valence-corrected chi connectivity index (χ2v) is 18.7. The summed E-state index contributed by atoms with van der Waals surface area (Å²) >= 11 is 1.63. The van der Waals surface area contributed by atoms with Crippen LogP contribution in [0.3, 0.4) is 0 Å². The van der Waals surface area contributed by atoms with Crippen LogP contribution in [0.1, 0.15) is 111 Å². The number of benzene rings is 1. The Morgan fingerprint density at radius 2 is 1.86 bits per heavy atom. The predicted molar refractivity (Wildman–Crippen MR) is 166 cm³/mol. The summed E-state index contributed by atoms with van der Waals surface area (Å²) in [6.45, 7) is 11.4. The smallest absolute Gasteiger partial charge is 0.410 e. The van der Waals surface area contributed by atoms with E-state index in [4.69, 9.17) is 9.41 Å². The number of rotatable bonds is 9. The van der Waals surface area contributed by atoms with E-state index in [0.29, 0.717) is 17.9 Å². The first-order valence-corrected chi connectivity index (χ1v) is 19.5. The van der Waals surface area contributed by atoms with Gasteiger partial charge >= 0.3 is 6.18 Å². The molecule has 0 saturated heterocycles. The van der Waals surface area contributed by atoms with E-state index >= 15 is 0 Å². The molecular weight excluding hydrogens is 575 g/mol. The maximum Gasteiger partial charge on any atom is 0.419 e. The highest BCUT2D eigenvalue weighted by atomic mass is 32.1. The molecule has 2 heterocycles. The number of alkyl halides is 3. The zero-order valence-electron chi connectivity index (χ0n) is 25.5. The molecule has 2 aromatic heterocycles. The Hall–Kier alpha value is -2.03. The second kappa shape index (κ2) is 12.2. The quantitative estimate of drug-likeness (QED) is 0.176. The lowest BCUT2D eigenvalue weighted by Gasteiger charge is -2.42. The fourth-order valence-electron chi connectivity index (χ4n) is 7.02. The number of fused-ring (bicyclic) bond motifs is 1. The number of thiophene rings is 1. The lowest BCUT2D eigenvalue weighted by Crippen LogP contribution is -2.37. The molecule has 2 aliphatic carbocycles. The first-order chi connectivity index (χ1) is 19.8. The molecule has 8 heteroatoms. The van der Waals surface area contributed by atoms with Crippen molar-refractivity contribution < 1.29 is 22.0 Å². The van der Waals surface area contributed by atoms with Crippen LogP contribution in [0.4, 0.5) is 17.6 Å². The Labute approximate surface area is 253 Å². The summed E-state index contributed by atoms with van der Waals surface area (Å²) in [6.07, 6.45) is 3.88. The van der Waals surface area contributed by atoms with E-state index in [0.717, 1.165) is 103 Å². The molecule has 42 heavy (non-hydrogen) atoms. The van der Waals surface area contributed by atoms with Gasteiger partial charge in [-0.3, -0.25) is 4.98 Å². The summed E-state index contributed by atoms with van der Waals surface area (Å²) in [5.74, 6) is -0.932. The minimum absolute atomic E-state index is 0.0246. The van der Waals surface area contributed by atoms with Crippen LogP contribution in [-0.2, 0) is 23.4 Å². The number of hydrogen-bond donors (Lipinski definition) is 0. The van der Waals surface area contributed by atoms with Gasteiger partial charge in [0.1, 0.15) is 5.82 Å². The van der Waals surface area contributed by atoms with Crippen LogP contribution in [0.15, 0.2) is 35.0 Å². The first kappa shape index (κ1) is 31.4. The van der Waals surface area contributed by atoms with Gasteiger partial charge in [-0.05, 0) is 108 Å². The molecule has 0 bridgehead atoms. The molecule has 1 saturated carbocycles. The standard InChI is InChI=1S/C34H43F4NOSSi/c1-6-7-16-42(4,5)40-29-20-33(2,3)19-28-31(29)30(24-14-15-41-21-24)25(32(39-28)23-10-8-9-11-23)17-22-12-13-26(27(35)18-22)34(36,37)38/h12-15,18,21,23,29H,6-11,16-17,19-20H2,1-5H3. The maximum atomic E-state index is 14.8. The van der Waals surface area contributed by atoms with Gasteiger partial charge in [0.25, 0.3) is 0 Å². The molecule has 0 radical (unpaired) electrons. The minimum atomic E-state index is -4.72. The molecule has 0 amide bonds. The average molecular weight is 618 g/mol. The van der Waals surface area contributed by atoms with Gasteiger partial charge in [-0.1, -0.05) is 52.5 Å². The van der Waals surface area contributed by atoms with Crippen LogP contribution in [0.5, 0.6) is 0 Å². The second-order valence-electron chi connectivity index (χ2n) is 13.7. The van der Waals surface area contributed by atoms with Crippen molar-refractivity contribution >= 4 is 19.7 Å². The van der Waals surface area contributed by atoms with Crippen molar-refractivity contribution in [3.63, 3.8) is 0 Å². The Kier molecular flexibility index (Phi) is 9.09. The predicted octanol–water partition coefficient (Wildman–Crippen LogP) is 11.3. The highest BCUT2D eigenvalue weighted by molar-refractivity contribution is 7.08. The molecule has 0 N–H and O–H groups in total. The molecule has 1 aromatic carbocycles. The van der Waals surface area contributed by atoms with E-state index in [-0.39, 0.29) is 11.5 Å². The number of aromatic nitrogens is 1. The third-order valence-corrected chi connectivity index (χ3v) is 12.2. The summed E-state index contributed by atoms with van der Waals surface area (Å²) in [6, 6.07) is 6.60. The van der Waals surface area contributed by atoms with Crippen molar-refractivity contribution in [2.45, 2.75) is 116 Å². The van der Waals surface area contributed by atoms with Crippen molar-refractivity contribution in [1.82, 2.24) is 4.98 Å². The third-order valence-electron chi connectivity index (χ3n) is 9.02. The summed E-state index contributed by atoms with van der Waals surface area (Å²) in [7, 11) is -1.99. The van der Waals surface area contributed by atoms with Gasteiger partial charge in [-0.25, -0.2) is 4.39 Å². The number of nitrogens with zero attached hydrogens (tertiary/aromatic N) is 1. The normalized spacial score (nSPS) is 19.3. The number of hydrogen-bond acceptors (Lipinski definition) is 3. The van der Waals surface area contributed by atoms with Gasteiger partial charge in [0.2, 0.25) is 0 Å². The van der Waals surface area contributed by atoms with Crippen LogP contribution < -0.4 is 0 Å². The topological polar surface area (TPSA) is 22.1 Å². The van der Waals surface area contributed by atoms with E-state index in [1.54, 1.807) is 11.3 Å². The molecule has 0 aliphatic heterocycles. The van der Waals surface area contributed by atoms with Crippen LogP contribution >= 0.6 is 11.3 Å². The number of halogens is 4. The molecule has 2 nitrogen and oxygen atoms in total. The lowest BCUT2D eigenvalue weighted by molar-refractivity contribution is -0.140. The Morgan fingerprint density at radius 1 is 1.12 bits per heavy atom. The SMILES string of the molecule is CCCC[Si](C)(C)OC1CC(C)(C)Cc2nc(C3CCCC3)c(Cc3ccc(C(F)(F)F)c(F)c3)c(-c3ccsc3)c21. The lowest BCUT2D eigenvalue weighted by atomic mass is 9.71. The van der Waals surface area contributed by atoms with E-state index < -0.39 is 25.9 Å². The van der Waals surface area contributed by atoms with Crippen molar-refractivity contribution in [2.24, 2.45) is 5.41 Å². The van der Waals surface area contributed by atoms with Gasteiger partial charge in [0, 0.05) is 22.9 Å². The van der Waals surface area contributed by atoms with Gasteiger partial charge in [-0.2, -0.15) is 24.5 Å². The molecular formula is C34H43F4NOSSi. The Balaban J connectivity index is 1.71. The van der Waals surface area contributed by atoms with Gasteiger partial charge in [0.15, 0.2) is 8.32 Å². The Bertz CT molecular complexity index is 1390. The van der Waals surface area contributed by atoms with E-state index in [1.807, 2.05) is 0 Å². The largest absolute Gasteiger partial charge is 0.419 e. The van der Waals surface area contributed by atoms with Crippen LogP contribution in [-0.4, -0.2) is 13.3 Å². The minimum Gasteiger partial charge on any atom is -0.410 e. The molecule has 228 valence electrons. The monoisotopic (exact) mass is 617 g/mol. The molecule has 3 aromatic rings. The van der Waals surface area contributed by atoms with Gasteiger partial charge < -0.3 is 4.43 Å².